The Morgan fingerprint density at radius 2 is 2.24 bits per heavy atom. The van der Waals surface area contributed by atoms with Crippen LogP contribution in [0, 0.1) is 6.92 Å². The molecule has 0 radical (unpaired) electrons. The van der Waals surface area contributed by atoms with Crippen LogP contribution in [0.2, 0.25) is 0 Å². The molecule has 2 amide bonds. The van der Waals surface area contributed by atoms with Crippen LogP contribution in [0.4, 0.5) is 0 Å². The largest absolute Gasteiger partial charge is 0.484 e. The van der Waals surface area contributed by atoms with E-state index in [0.29, 0.717) is 17.9 Å². The Hall–Kier alpha value is -2.83. The van der Waals surface area contributed by atoms with Crippen LogP contribution in [0.5, 0.6) is 5.75 Å². The molecule has 1 fully saturated rings. The van der Waals surface area contributed by atoms with Gasteiger partial charge in [-0.2, -0.15) is 5.10 Å². The van der Waals surface area contributed by atoms with Crippen molar-refractivity contribution in [2.75, 3.05) is 19.7 Å². The number of ether oxygens (including phenoxy) is 1. The van der Waals surface area contributed by atoms with Crippen molar-refractivity contribution in [2.24, 2.45) is 5.73 Å². The molecule has 2 N–H and O–H groups in total. The second kappa shape index (κ2) is 7.38. The van der Waals surface area contributed by atoms with Gasteiger partial charge in [-0.1, -0.05) is 6.07 Å². The van der Waals surface area contributed by atoms with E-state index in [1.807, 2.05) is 28.9 Å². The molecule has 0 spiro atoms. The van der Waals surface area contributed by atoms with Gasteiger partial charge in [-0.25, -0.2) is 0 Å². The summed E-state index contributed by atoms with van der Waals surface area (Å²) in [6, 6.07) is 6.73. The molecule has 0 aliphatic carbocycles. The number of aromatic nitrogens is 2. The molecule has 1 saturated heterocycles. The fraction of sp³-hybridized carbons (Fsp3) is 0.389. The number of benzene rings is 1. The highest BCUT2D eigenvalue weighted by atomic mass is 16.5. The molecule has 2 heterocycles. The standard InChI is InChI=1S/C18H22N4O3/c1-13-9-20-22(10-13)15-5-3-7-21(11-15)17(23)12-25-16-6-2-4-14(8-16)18(19)24/h2,4,6,8-10,15H,3,5,7,11-12H2,1H3,(H2,19,24). The zero-order chi connectivity index (χ0) is 17.8. The van der Waals surface area contributed by atoms with Crippen molar-refractivity contribution >= 4 is 11.8 Å². The Bertz CT molecular complexity index is 771. The first-order valence-electron chi connectivity index (χ1n) is 8.34. The van der Waals surface area contributed by atoms with E-state index in [4.69, 9.17) is 10.5 Å². The van der Waals surface area contributed by atoms with Crippen LogP contribution >= 0.6 is 0 Å². The summed E-state index contributed by atoms with van der Waals surface area (Å²) in [5, 5.41) is 4.36. The van der Waals surface area contributed by atoms with E-state index >= 15 is 0 Å². The predicted octanol–water partition coefficient (Wildman–Crippen LogP) is 1.53. The quantitative estimate of drug-likeness (QED) is 0.892. The third-order valence-electron chi connectivity index (χ3n) is 4.33. The molecule has 25 heavy (non-hydrogen) atoms. The molecule has 1 aromatic heterocycles. The van der Waals surface area contributed by atoms with Gasteiger partial charge in [0.15, 0.2) is 6.61 Å². The second-order valence-corrected chi connectivity index (χ2v) is 6.31. The maximum atomic E-state index is 12.5. The highest BCUT2D eigenvalue weighted by Gasteiger charge is 2.25. The molecule has 7 heteroatoms. The van der Waals surface area contributed by atoms with E-state index < -0.39 is 5.91 Å². The van der Waals surface area contributed by atoms with E-state index in [9.17, 15) is 9.59 Å². The number of hydrogen-bond donors (Lipinski definition) is 1. The highest BCUT2D eigenvalue weighted by molar-refractivity contribution is 5.93. The third-order valence-corrected chi connectivity index (χ3v) is 4.33. The number of carbonyl (C=O) groups is 2. The molecule has 7 nitrogen and oxygen atoms in total. The average Bonchev–Trinajstić information content (AvgIpc) is 3.06. The van der Waals surface area contributed by atoms with Gasteiger partial charge in [0.2, 0.25) is 5.91 Å². The van der Waals surface area contributed by atoms with E-state index in [-0.39, 0.29) is 18.6 Å². The van der Waals surface area contributed by atoms with E-state index in [0.717, 1.165) is 24.9 Å². The fourth-order valence-corrected chi connectivity index (χ4v) is 3.01. The molecule has 2 aromatic rings. The predicted molar refractivity (Wildman–Crippen MR) is 92.3 cm³/mol. The lowest BCUT2D eigenvalue weighted by Gasteiger charge is -2.32. The Morgan fingerprint density at radius 1 is 1.40 bits per heavy atom. The number of amides is 2. The normalized spacial score (nSPS) is 17.3. The number of hydrogen-bond acceptors (Lipinski definition) is 4. The molecule has 1 aliphatic rings. The first-order chi connectivity index (χ1) is 12.0. The van der Waals surface area contributed by atoms with Gasteiger partial charge in [-0.05, 0) is 43.5 Å². The Kier molecular flexibility index (Phi) is 5.02. The van der Waals surface area contributed by atoms with Gasteiger partial charge in [0.25, 0.3) is 5.91 Å². The van der Waals surface area contributed by atoms with Crippen LogP contribution in [0.15, 0.2) is 36.7 Å². The lowest BCUT2D eigenvalue weighted by Crippen LogP contribution is -2.43. The van der Waals surface area contributed by atoms with Gasteiger partial charge in [0.1, 0.15) is 5.75 Å². The van der Waals surface area contributed by atoms with Crippen LogP contribution in [0.3, 0.4) is 0 Å². The Morgan fingerprint density at radius 3 is 2.96 bits per heavy atom. The number of piperidine rings is 1. The third kappa shape index (κ3) is 4.17. The Labute approximate surface area is 146 Å². The van der Waals surface area contributed by atoms with Crippen LogP contribution < -0.4 is 10.5 Å². The van der Waals surface area contributed by atoms with E-state index in [1.54, 1.807) is 24.3 Å². The number of carbonyl (C=O) groups excluding carboxylic acids is 2. The van der Waals surface area contributed by atoms with E-state index in [2.05, 4.69) is 5.10 Å². The summed E-state index contributed by atoms with van der Waals surface area (Å²) in [5.74, 6) is -0.135. The second-order valence-electron chi connectivity index (χ2n) is 6.31. The lowest BCUT2D eigenvalue weighted by molar-refractivity contribution is -0.135. The number of aryl methyl sites for hydroxylation is 1. The summed E-state index contributed by atoms with van der Waals surface area (Å²) in [6.45, 7) is 3.29. The van der Waals surface area contributed by atoms with Gasteiger partial charge in [-0.15, -0.1) is 0 Å². The number of primary amides is 1. The van der Waals surface area contributed by atoms with Crippen LogP contribution in [0.25, 0.3) is 0 Å². The molecule has 0 saturated carbocycles. The monoisotopic (exact) mass is 342 g/mol. The van der Waals surface area contributed by atoms with Gasteiger partial charge in [0.05, 0.1) is 12.2 Å². The molecule has 0 bridgehead atoms. The summed E-state index contributed by atoms with van der Waals surface area (Å²) in [6.07, 6.45) is 5.78. The first kappa shape index (κ1) is 17.0. The zero-order valence-electron chi connectivity index (χ0n) is 14.2. The molecule has 1 atom stereocenters. The fourth-order valence-electron chi connectivity index (χ4n) is 3.01. The summed E-state index contributed by atoms with van der Waals surface area (Å²) < 4.78 is 7.47. The summed E-state index contributed by atoms with van der Waals surface area (Å²) in [5.41, 5.74) is 6.72. The minimum atomic E-state index is -0.523. The zero-order valence-corrected chi connectivity index (χ0v) is 14.2. The van der Waals surface area contributed by atoms with Crippen molar-refractivity contribution in [3.05, 3.63) is 47.8 Å². The maximum Gasteiger partial charge on any atom is 0.260 e. The van der Waals surface area contributed by atoms with Crippen molar-refractivity contribution in [3.8, 4) is 5.75 Å². The molecule has 132 valence electrons. The molecule has 3 rings (SSSR count). The van der Waals surface area contributed by atoms with Crippen LogP contribution in [-0.2, 0) is 4.79 Å². The van der Waals surface area contributed by atoms with Crippen molar-refractivity contribution in [3.63, 3.8) is 0 Å². The van der Waals surface area contributed by atoms with Gasteiger partial charge in [-0.3, -0.25) is 14.3 Å². The molecular weight excluding hydrogens is 320 g/mol. The summed E-state index contributed by atoms with van der Waals surface area (Å²) in [4.78, 5) is 25.5. The number of rotatable bonds is 5. The number of nitrogens with two attached hydrogens (primary N) is 1. The summed E-state index contributed by atoms with van der Waals surface area (Å²) in [7, 11) is 0. The molecule has 1 aromatic carbocycles. The van der Waals surface area contributed by atoms with Crippen molar-refractivity contribution in [2.45, 2.75) is 25.8 Å². The highest BCUT2D eigenvalue weighted by Crippen LogP contribution is 2.21. The minimum absolute atomic E-state index is 0.0624. The number of nitrogens with zero attached hydrogens (tertiary/aromatic N) is 3. The molecular formula is C18H22N4O3. The topological polar surface area (TPSA) is 90.4 Å². The molecule has 1 unspecified atom stereocenters. The van der Waals surface area contributed by atoms with Gasteiger partial charge < -0.3 is 15.4 Å². The van der Waals surface area contributed by atoms with E-state index in [1.165, 1.54) is 0 Å². The average molecular weight is 342 g/mol. The van der Waals surface area contributed by atoms with Crippen LogP contribution in [0.1, 0.15) is 34.8 Å². The smallest absolute Gasteiger partial charge is 0.260 e. The Balaban J connectivity index is 1.57. The van der Waals surface area contributed by atoms with Gasteiger partial charge >= 0.3 is 0 Å². The SMILES string of the molecule is Cc1cnn(C2CCCN(C(=O)COc3cccc(C(N)=O)c3)C2)c1. The number of likely N-dealkylation sites (tertiary alicyclic amines) is 1. The van der Waals surface area contributed by atoms with Crippen molar-refractivity contribution in [1.29, 1.82) is 0 Å². The minimum Gasteiger partial charge on any atom is -0.484 e. The molecule has 1 aliphatic heterocycles. The maximum absolute atomic E-state index is 12.5. The first-order valence-corrected chi connectivity index (χ1v) is 8.34. The summed E-state index contributed by atoms with van der Waals surface area (Å²) >= 11 is 0. The van der Waals surface area contributed by atoms with Gasteiger partial charge in [0, 0.05) is 24.8 Å². The van der Waals surface area contributed by atoms with Crippen LogP contribution in [-0.4, -0.2) is 46.2 Å². The van der Waals surface area contributed by atoms with Crippen molar-refractivity contribution < 1.29 is 14.3 Å². The lowest BCUT2D eigenvalue weighted by atomic mass is 10.1. The van der Waals surface area contributed by atoms with Crippen molar-refractivity contribution in [1.82, 2.24) is 14.7 Å².